The molecule has 1 heterocycles. The molecule has 0 fully saturated rings. The van der Waals surface area contributed by atoms with E-state index in [1.807, 2.05) is 25.1 Å². The fraction of sp³-hybridized carbons (Fsp3) is 0.429. The molecule has 130 valence electrons. The lowest BCUT2D eigenvalue weighted by atomic mass is 10.2. The van der Waals surface area contributed by atoms with Gasteiger partial charge in [0.15, 0.2) is 0 Å². The highest BCUT2D eigenvalue weighted by Gasteiger charge is 2.05. The van der Waals surface area contributed by atoms with Crippen LogP contribution in [0, 0.1) is 6.92 Å². The van der Waals surface area contributed by atoms with Crippen molar-refractivity contribution < 1.29 is 8.42 Å². The Morgan fingerprint density at radius 1 is 1.29 bits per heavy atom. The molecule has 0 spiro atoms. The van der Waals surface area contributed by atoms with Gasteiger partial charge in [-0.05, 0) is 25.5 Å². The van der Waals surface area contributed by atoms with Crippen molar-refractivity contribution in [2.24, 2.45) is 10.2 Å². The summed E-state index contributed by atoms with van der Waals surface area (Å²) in [5.74, 6) is 0.609. The first-order valence-corrected chi connectivity index (χ1v) is 9.68. The minimum Gasteiger partial charge on any atom is -0.575 e. The summed E-state index contributed by atoms with van der Waals surface area (Å²) in [6.07, 6.45) is 0.500. The number of hydrogen-bond acceptors (Lipinski definition) is 8. The fourth-order valence-corrected chi connectivity index (χ4v) is 3.38. The van der Waals surface area contributed by atoms with Gasteiger partial charge in [-0.15, -0.1) is 10.2 Å². The van der Waals surface area contributed by atoms with Gasteiger partial charge in [-0.2, -0.15) is 4.37 Å². The van der Waals surface area contributed by atoms with Crippen LogP contribution in [0.1, 0.15) is 19.2 Å². The van der Waals surface area contributed by atoms with E-state index in [1.165, 1.54) is 0 Å². The maximum absolute atomic E-state index is 12.0. The topological polar surface area (TPSA) is 102 Å². The number of hydrogen-bond donors (Lipinski definition) is 0. The summed E-state index contributed by atoms with van der Waals surface area (Å²) in [6, 6.07) is 5.19. The molecule has 0 saturated carbocycles. The van der Waals surface area contributed by atoms with Gasteiger partial charge in [-0.25, -0.2) is 13.4 Å². The molecule has 0 aliphatic carbocycles. The van der Waals surface area contributed by atoms with Crippen molar-refractivity contribution in [3.8, 4) is 0 Å². The minimum absolute atomic E-state index is 0.00856. The highest BCUT2D eigenvalue weighted by molar-refractivity contribution is 7.94. The Bertz CT molecular complexity index is 830. The van der Waals surface area contributed by atoms with E-state index in [-0.39, 0.29) is 11.4 Å². The Morgan fingerprint density at radius 2 is 2.04 bits per heavy atom. The van der Waals surface area contributed by atoms with Crippen LogP contribution in [0.4, 0.5) is 22.2 Å². The van der Waals surface area contributed by atoms with Crippen LogP contribution in [0.15, 0.2) is 28.4 Å². The van der Waals surface area contributed by atoms with E-state index in [2.05, 4.69) is 24.3 Å². The molecule has 2 aromatic rings. The molecule has 8 nitrogen and oxygen atoms in total. The van der Waals surface area contributed by atoms with E-state index in [9.17, 15) is 8.42 Å². The van der Waals surface area contributed by atoms with Crippen molar-refractivity contribution in [2.75, 3.05) is 24.7 Å². The van der Waals surface area contributed by atoms with E-state index in [0.717, 1.165) is 17.2 Å². The zero-order valence-electron chi connectivity index (χ0n) is 14.0. The van der Waals surface area contributed by atoms with Gasteiger partial charge >= 0.3 is 0 Å². The monoisotopic (exact) mass is 367 g/mol. The molecular formula is C14H19N6O2S2-. The Hall–Kier alpha value is -2.07. The quantitative estimate of drug-likeness (QED) is 0.686. The van der Waals surface area contributed by atoms with Gasteiger partial charge in [-0.3, -0.25) is 0 Å². The van der Waals surface area contributed by atoms with Gasteiger partial charge < -0.3 is 9.62 Å². The summed E-state index contributed by atoms with van der Waals surface area (Å²) < 4.78 is 32.0. The van der Waals surface area contributed by atoms with Crippen LogP contribution in [0.25, 0.3) is 4.72 Å². The number of azo groups is 1. The number of anilines is 1. The zero-order chi connectivity index (χ0) is 17.7. The first-order chi connectivity index (χ1) is 11.3. The lowest BCUT2D eigenvalue weighted by Gasteiger charge is -2.25. The summed E-state index contributed by atoms with van der Waals surface area (Å²) in [5, 5.41) is 8.51. The Morgan fingerprint density at radius 3 is 2.62 bits per heavy atom. The Kier molecular flexibility index (Phi) is 5.84. The third kappa shape index (κ3) is 4.96. The smallest absolute Gasteiger partial charge is 0.249 e. The van der Waals surface area contributed by atoms with E-state index >= 15 is 0 Å². The van der Waals surface area contributed by atoms with E-state index in [1.54, 1.807) is 26.0 Å². The molecule has 0 radical (unpaired) electrons. The molecule has 10 heteroatoms. The second kappa shape index (κ2) is 7.67. The van der Waals surface area contributed by atoms with Crippen molar-refractivity contribution in [1.82, 2.24) is 9.36 Å². The molecule has 0 aliphatic rings. The van der Waals surface area contributed by atoms with E-state index in [0.29, 0.717) is 23.1 Å². The van der Waals surface area contributed by atoms with E-state index in [4.69, 9.17) is 0 Å². The first kappa shape index (κ1) is 18.3. The van der Waals surface area contributed by atoms with Crippen LogP contribution >= 0.6 is 11.5 Å². The number of aryl methyl sites for hydroxylation is 1. The number of sulfonamides is 1. The largest absolute Gasteiger partial charge is 0.575 e. The number of nitrogens with zero attached hydrogens (tertiary/aromatic N) is 6. The first-order valence-electron chi connectivity index (χ1n) is 7.30. The van der Waals surface area contributed by atoms with Gasteiger partial charge in [0.25, 0.3) is 0 Å². The molecule has 0 unspecified atom stereocenters. The van der Waals surface area contributed by atoms with Crippen molar-refractivity contribution in [3.05, 3.63) is 28.7 Å². The lowest BCUT2D eigenvalue weighted by molar-refractivity contribution is 0.602. The predicted molar refractivity (Wildman–Crippen MR) is 96.7 cm³/mol. The van der Waals surface area contributed by atoms with Crippen LogP contribution in [0.3, 0.4) is 0 Å². The van der Waals surface area contributed by atoms with Gasteiger partial charge in [0.2, 0.25) is 5.13 Å². The molecule has 24 heavy (non-hydrogen) atoms. The minimum atomic E-state index is -3.55. The molecule has 0 atom stereocenters. The number of benzene rings is 1. The third-order valence-corrected chi connectivity index (χ3v) is 5.03. The Labute approximate surface area is 145 Å². The van der Waals surface area contributed by atoms with Crippen LogP contribution in [-0.4, -0.2) is 37.6 Å². The molecule has 0 amide bonds. The van der Waals surface area contributed by atoms with Crippen molar-refractivity contribution >= 4 is 43.7 Å². The van der Waals surface area contributed by atoms with Crippen LogP contribution in [0.5, 0.6) is 0 Å². The second-order valence-corrected chi connectivity index (χ2v) is 7.75. The van der Waals surface area contributed by atoms with Crippen LogP contribution < -0.4 is 4.90 Å². The van der Waals surface area contributed by atoms with Gasteiger partial charge in [0.05, 0.1) is 15.7 Å². The van der Waals surface area contributed by atoms with Crippen molar-refractivity contribution in [1.29, 1.82) is 0 Å². The molecular weight excluding hydrogens is 348 g/mol. The molecule has 0 N–H and O–H groups in total. The Balaban J connectivity index is 2.37. The average Bonchev–Trinajstić information content (AvgIpc) is 2.90. The maximum atomic E-state index is 12.0. The molecule has 2 rings (SSSR count). The van der Waals surface area contributed by atoms with Crippen molar-refractivity contribution in [2.45, 2.75) is 20.3 Å². The second-order valence-electron chi connectivity index (χ2n) is 5.27. The number of rotatable bonds is 7. The van der Waals surface area contributed by atoms with Crippen molar-refractivity contribution in [3.63, 3.8) is 0 Å². The molecule has 0 aliphatic heterocycles. The van der Waals surface area contributed by atoms with Gasteiger partial charge in [-0.1, -0.05) is 18.7 Å². The maximum Gasteiger partial charge on any atom is 0.249 e. The predicted octanol–water partition coefficient (Wildman–Crippen LogP) is 4.07. The third-order valence-electron chi connectivity index (χ3n) is 2.94. The highest BCUT2D eigenvalue weighted by atomic mass is 32.2. The number of aromatic nitrogens is 2. The molecule has 0 bridgehead atoms. The van der Waals surface area contributed by atoms with E-state index < -0.39 is 10.0 Å². The summed E-state index contributed by atoms with van der Waals surface area (Å²) in [7, 11) is 0.183. The molecule has 1 aromatic heterocycles. The molecule has 1 aromatic carbocycles. The SMILES string of the molecule is CCCS(=O)(=O)[N-]c1cc(N(C)C)ccc1N=Nc1nc(C)ns1. The van der Waals surface area contributed by atoms with Crippen LogP contribution in [0.2, 0.25) is 0 Å². The standard InChI is InChI=1S/C14H19N6O2S2/c1-5-8-24(21,22)19-13-9-11(20(3)4)6-7-12(13)16-17-14-15-10(2)18-23-14/h6-7,9H,5,8H2,1-4H3/q-1. The summed E-state index contributed by atoms with van der Waals surface area (Å²) in [4.78, 5) is 5.96. The zero-order valence-corrected chi connectivity index (χ0v) is 15.6. The normalized spacial score (nSPS) is 11.8. The summed E-state index contributed by atoms with van der Waals surface area (Å²) >= 11 is 1.13. The van der Waals surface area contributed by atoms with Gasteiger partial charge in [0.1, 0.15) is 5.82 Å². The molecule has 0 saturated heterocycles. The fourth-order valence-electron chi connectivity index (χ4n) is 1.82. The lowest BCUT2D eigenvalue weighted by Crippen LogP contribution is -2.08. The average molecular weight is 367 g/mol. The van der Waals surface area contributed by atoms with Crippen LogP contribution in [-0.2, 0) is 10.0 Å². The summed E-state index contributed by atoms with van der Waals surface area (Å²) in [6.45, 7) is 3.56. The summed E-state index contributed by atoms with van der Waals surface area (Å²) in [5.41, 5.74) is 1.46. The highest BCUT2D eigenvalue weighted by Crippen LogP contribution is 2.38. The van der Waals surface area contributed by atoms with Gasteiger partial charge in [0, 0.05) is 37.1 Å².